The number of rotatable bonds is 2. The van der Waals surface area contributed by atoms with Crippen molar-refractivity contribution in [2.75, 3.05) is 11.5 Å². The average molecular weight is 214 g/mol. The highest BCUT2D eigenvalue weighted by Gasteiger charge is 2.02. The molecule has 2 aromatic carbocycles. The molecule has 0 unspecified atom stereocenters. The van der Waals surface area contributed by atoms with Gasteiger partial charge in [0.2, 0.25) is 0 Å². The summed E-state index contributed by atoms with van der Waals surface area (Å²) in [4.78, 5) is 0. The van der Waals surface area contributed by atoms with E-state index in [4.69, 9.17) is 16.6 Å². The van der Waals surface area contributed by atoms with Gasteiger partial charge in [0, 0.05) is 16.9 Å². The summed E-state index contributed by atoms with van der Waals surface area (Å²) in [6.45, 7) is -0.0386. The van der Waals surface area contributed by atoms with Crippen LogP contribution >= 0.6 is 0 Å². The molecule has 0 saturated heterocycles. The first-order valence-electron chi connectivity index (χ1n) is 5.06. The van der Waals surface area contributed by atoms with Crippen LogP contribution in [0.3, 0.4) is 0 Å². The Morgan fingerprint density at radius 1 is 0.938 bits per heavy atom. The van der Waals surface area contributed by atoms with Crippen molar-refractivity contribution in [3.63, 3.8) is 0 Å². The van der Waals surface area contributed by atoms with Gasteiger partial charge in [-0.1, -0.05) is 24.3 Å². The molecule has 0 spiro atoms. The average Bonchev–Trinajstić information content (AvgIpc) is 2.29. The van der Waals surface area contributed by atoms with Gasteiger partial charge >= 0.3 is 0 Å². The Labute approximate surface area is 94.3 Å². The minimum atomic E-state index is -0.0386. The Bertz CT molecular complexity index is 509. The SMILES string of the molecule is Nc1cccc(-c2ccc(CO)c(N)c2)c1. The van der Waals surface area contributed by atoms with Gasteiger partial charge in [-0.25, -0.2) is 0 Å². The van der Waals surface area contributed by atoms with E-state index in [0.717, 1.165) is 22.4 Å². The lowest BCUT2D eigenvalue weighted by molar-refractivity contribution is 0.282. The molecule has 0 amide bonds. The lowest BCUT2D eigenvalue weighted by Gasteiger charge is -2.07. The zero-order valence-electron chi connectivity index (χ0n) is 8.85. The molecule has 3 nitrogen and oxygen atoms in total. The summed E-state index contributed by atoms with van der Waals surface area (Å²) in [5, 5.41) is 9.02. The predicted molar refractivity (Wildman–Crippen MR) is 66.6 cm³/mol. The fraction of sp³-hybridized carbons (Fsp3) is 0.0769. The summed E-state index contributed by atoms with van der Waals surface area (Å²) in [5.41, 5.74) is 15.6. The lowest BCUT2D eigenvalue weighted by Crippen LogP contribution is -1.94. The molecule has 2 aromatic rings. The third-order valence-corrected chi connectivity index (χ3v) is 2.54. The number of hydrogen-bond donors (Lipinski definition) is 3. The summed E-state index contributed by atoms with van der Waals surface area (Å²) in [5.74, 6) is 0. The van der Waals surface area contributed by atoms with E-state index in [0.29, 0.717) is 5.69 Å². The van der Waals surface area contributed by atoms with E-state index in [1.54, 1.807) is 0 Å². The monoisotopic (exact) mass is 214 g/mol. The fourth-order valence-electron chi connectivity index (χ4n) is 1.64. The first-order chi connectivity index (χ1) is 7.70. The maximum absolute atomic E-state index is 9.02. The highest BCUT2D eigenvalue weighted by molar-refractivity contribution is 5.71. The Morgan fingerprint density at radius 2 is 1.69 bits per heavy atom. The predicted octanol–water partition coefficient (Wildman–Crippen LogP) is 2.01. The molecule has 0 aliphatic heterocycles. The summed E-state index contributed by atoms with van der Waals surface area (Å²) >= 11 is 0. The van der Waals surface area contributed by atoms with E-state index in [9.17, 15) is 0 Å². The number of nitrogen functional groups attached to an aromatic ring is 2. The molecule has 2 rings (SSSR count). The maximum Gasteiger partial charge on any atom is 0.0701 e. The molecule has 0 saturated carbocycles. The van der Waals surface area contributed by atoms with Crippen molar-refractivity contribution in [2.45, 2.75) is 6.61 Å². The van der Waals surface area contributed by atoms with Gasteiger partial charge in [0.1, 0.15) is 0 Å². The molecule has 0 radical (unpaired) electrons. The largest absolute Gasteiger partial charge is 0.399 e. The number of benzene rings is 2. The molecule has 16 heavy (non-hydrogen) atoms. The van der Waals surface area contributed by atoms with Crippen LogP contribution in [0.5, 0.6) is 0 Å². The van der Waals surface area contributed by atoms with Gasteiger partial charge in [0.05, 0.1) is 6.61 Å². The van der Waals surface area contributed by atoms with E-state index < -0.39 is 0 Å². The van der Waals surface area contributed by atoms with Gasteiger partial charge in [0.25, 0.3) is 0 Å². The van der Waals surface area contributed by atoms with Crippen molar-refractivity contribution in [1.82, 2.24) is 0 Å². The van der Waals surface area contributed by atoms with Crippen molar-refractivity contribution >= 4 is 11.4 Å². The zero-order chi connectivity index (χ0) is 11.5. The van der Waals surface area contributed by atoms with Crippen molar-refractivity contribution in [3.8, 4) is 11.1 Å². The van der Waals surface area contributed by atoms with E-state index in [1.807, 2.05) is 42.5 Å². The van der Waals surface area contributed by atoms with Gasteiger partial charge in [-0.15, -0.1) is 0 Å². The minimum absolute atomic E-state index is 0.0386. The molecule has 0 atom stereocenters. The summed E-state index contributed by atoms with van der Waals surface area (Å²) in [7, 11) is 0. The van der Waals surface area contributed by atoms with E-state index in [1.165, 1.54) is 0 Å². The first kappa shape index (κ1) is 10.5. The fourth-order valence-corrected chi connectivity index (χ4v) is 1.64. The molecule has 0 heterocycles. The van der Waals surface area contributed by atoms with Crippen molar-refractivity contribution in [1.29, 1.82) is 0 Å². The van der Waals surface area contributed by atoms with Crippen LogP contribution in [0.1, 0.15) is 5.56 Å². The standard InChI is InChI=1S/C13H14N2O/c14-12-3-1-2-9(6-12)10-4-5-11(8-16)13(15)7-10/h1-7,16H,8,14-15H2. The highest BCUT2D eigenvalue weighted by atomic mass is 16.3. The molecule has 0 aliphatic rings. The van der Waals surface area contributed by atoms with Crippen LogP contribution in [0.25, 0.3) is 11.1 Å². The second-order valence-corrected chi connectivity index (χ2v) is 3.70. The van der Waals surface area contributed by atoms with Gasteiger partial charge in [0.15, 0.2) is 0 Å². The molecular weight excluding hydrogens is 200 g/mol. The minimum Gasteiger partial charge on any atom is -0.399 e. The number of hydrogen-bond acceptors (Lipinski definition) is 3. The van der Waals surface area contributed by atoms with E-state index in [2.05, 4.69) is 0 Å². The lowest BCUT2D eigenvalue weighted by atomic mass is 10.0. The van der Waals surface area contributed by atoms with Crippen LogP contribution < -0.4 is 11.5 Å². The maximum atomic E-state index is 9.02. The van der Waals surface area contributed by atoms with Gasteiger partial charge in [-0.05, 0) is 29.3 Å². The van der Waals surface area contributed by atoms with Crippen molar-refractivity contribution < 1.29 is 5.11 Å². The molecule has 5 N–H and O–H groups in total. The number of aliphatic hydroxyl groups excluding tert-OH is 1. The smallest absolute Gasteiger partial charge is 0.0701 e. The summed E-state index contributed by atoms with van der Waals surface area (Å²) < 4.78 is 0. The van der Waals surface area contributed by atoms with Gasteiger partial charge < -0.3 is 16.6 Å². The first-order valence-corrected chi connectivity index (χ1v) is 5.06. The number of anilines is 2. The normalized spacial score (nSPS) is 10.3. The summed E-state index contributed by atoms with van der Waals surface area (Å²) in [6.07, 6.45) is 0. The van der Waals surface area contributed by atoms with Crippen LogP contribution in [0.2, 0.25) is 0 Å². The second-order valence-electron chi connectivity index (χ2n) is 3.70. The van der Waals surface area contributed by atoms with Crippen LogP contribution in [-0.4, -0.2) is 5.11 Å². The quantitative estimate of drug-likeness (QED) is 0.669. The topological polar surface area (TPSA) is 72.3 Å². The van der Waals surface area contributed by atoms with Crippen molar-refractivity contribution in [2.24, 2.45) is 0 Å². The molecule has 0 aromatic heterocycles. The molecule has 0 aliphatic carbocycles. The van der Waals surface area contributed by atoms with E-state index >= 15 is 0 Å². The van der Waals surface area contributed by atoms with Crippen LogP contribution in [0.15, 0.2) is 42.5 Å². The van der Waals surface area contributed by atoms with E-state index in [-0.39, 0.29) is 6.61 Å². The number of nitrogens with two attached hydrogens (primary N) is 2. The molecular formula is C13H14N2O. The molecule has 0 bridgehead atoms. The van der Waals surface area contributed by atoms with Crippen molar-refractivity contribution in [3.05, 3.63) is 48.0 Å². The number of aliphatic hydroxyl groups is 1. The third-order valence-electron chi connectivity index (χ3n) is 2.54. The van der Waals surface area contributed by atoms with Crippen LogP contribution in [0.4, 0.5) is 11.4 Å². The van der Waals surface area contributed by atoms with Gasteiger partial charge in [-0.2, -0.15) is 0 Å². The van der Waals surface area contributed by atoms with Crippen LogP contribution in [-0.2, 0) is 6.61 Å². The Hall–Kier alpha value is -2.00. The Kier molecular flexibility index (Phi) is 2.79. The van der Waals surface area contributed by atoms with Crippen LogP contribution in [0, 0.1) is 0 Å². The Morgan fingerprint density at radius 3 is 2.31 bits per heavy atom. The second kappa shape index (κ2) is 4.24. The summed E-state index contributed by atoms with van der Waals surface area (Å²) in [6, 6.07) is 13.2. The molecule has 3 heteroatoms. The Balaban J connectivity index is 2.45. The highest BCUT2D eigenvalue weighted by Crippen LogP contribution is 2.25. The molecule has 0 fully saturated rings. The third kappa shape index (κ3) is 1.99. The zero-order valence-corrected chi connectivity index (χ0v) is 8.85. The molecule has 82 valence electrons. The van der Waals surface area contributed by atoms with Gasteiger partial charge in [-0.3, -0.25) is 0 Å².